The number of hydrogen-bond donors (Lipinski definition) is 1. The van der Waals surface area contributed by atoms with Crippen LogP contribution in [0.4, 0.5) is 0 Å². The van der Waals surface area contributed by atoms with Crippen molar-refractivity contribution in [3.8, 4) is 0 Å². The smallest absolute Gasteiger partial charge is 0.0333 e. The SMILES string of the molecule is CCNCCC(C)N(Cc1cccs1)C1CC1. The van der Waals surface area contributed by atoms with Gasteiger partial charge in [0.15, 0.2) is 0 Å². The summed E-state index contributed by atoms with van der Waals surface area (Å²) in [6, 6.07) is 5.98. The Kier molecular flexibility index (Phi) is 5.01. The van der Waals surface area contributed by atoms with Gasteiger partial charge in [-0.25, -0.2) is 0 Å². The molecule has 0 aliphatic heterocycles. The lowest BCUT2D eigenvalue weighted by atomic mass is 10.2. The summed E-state index contributed by atoms with van der Waals surface area (Å²) in [7, 11) is 0. The highest BCUT2D eigenvalue weighted by molar-refractivity contribution is 7.09. The van der Waals surface area contributed by atoms with E-state index >= 15 is 0 Å². The minimum Gasteiger partial charge on any atom is -0.317 e. The van der Waals surface area contributed by atoms with Crippen LogP contribution in [0.5, 0.6) is 0 Å². The molecule has 0 saturated heterocycles. The Morgan fingerprint density at radius 2 is 2.35 bits per heavy atom. The number of rotatable bonds is 8. The molecule has 0 spiro atoms. The summed E-state index contributed by atoms with van der Waals surface area (Å²) in [4.78, 5) is 4.20. The fourth-order valence-corrected chi connectivity index (χ4v) is 3.00. The molecule has 1 fully saturated rings. The molecule has 1 aromatic rings. The standard InChI is InChI=1S/C14H24N2S/c1-3-15-9-8-12(2)16(13-6-7-13)11-14-5-4-10-17-14/h4-5,10,12-13,15H,3,6-9,11H2,1-2H3. The Morgan fingerprint density at radius 1 is 1.53 bits per heavy atom. The maximum absolute atomic E-state index is 3.43. The monoisotopic (exact) mass is 252 g/mol. The molecule has 3 heteroatoms. The van der Waals surface area contributed by atoms with Gasteiger partial charge in [-0.3, -0.25) is 4.90 Å². The first-order valence-electron chi connectivity index (χ1n) is 6.80. The first-order chi connectivity index (χ1) is 8.31. The van der Waals surface area contributed by atoms with Crippen LogP contribution < -0.4 is 5.32 Å². The van der Waals surface area contributed by atoms with E-state index in [-0.39, 0.29) is 0 Å². The molecule has 96 valence electrons. The summed E-state index contributed by atoms with van der Waals surface area (Å²) in [6.07, 6.45) is 4.06. The van der Waals surface area contributed by atoms with Crippen LogP contribution in [0.1, 0.15) is 38.0 Å². The summed E-state index contributed by atoms with van der Waals surface area (Å²) in [5.41, 5.74) is 0. The van der Waals surface area contributed by atoms with Crippen LogP contribution in [0.2, 0.25) is 0 Å². The van der Waals surface area contributed by atoms with Crippen LogP contribution in [0.25, 0.3) is 0 Å². The fraction of sp³-hybridized carbons (Fsp3) is 0.714. The van der Waals surface area contributed by atoms with E-state index in [0.717, 1.165) is 25.7 Å². The summed E-state index contributed by atoms with van der Waals surface area (Å²) in [5.74, 6) is 0. The Labute approximate surface area is 109 Å². The van der Waals surface area contributed by atoms with E-state index in [1.807, 2.05) is 11.3 Å². The second-order valence-electron chi connectivity index (χ2n) is 4.97. The minimum absolute atomic E-state index is 0.698. The van der Waals surface area contributed by atoms with Gasteiger partial charge in [0.2, 0.25) is 0 Å². The van der Waals surface area contributed by atoms with E-state index in [4.69, 9.17) is 0 Å². The number of thiophene rings is 1. The minimum atomic E-state index is 0.698. The molecule has 0 bridgehead atoms. The molecule has 1 atom stereocenters. The van der Waals surface area contributed by atoms with Gasteiger partial charge >= 0.3 is 0 Å². The van der Waals surface area contributed by atoms with Crippen molar-refractivity contribution >= 4 is 11.3 Å². The molecule has 1 aliphatic carbocycles. The summed E-state index contributed by atoms with van der Waals surface area (Å²) in [6.45, 7) is 7.93. The van der Waals surface area contributed by atoms with E-state index < -0.39 is 0 Å². The molecule has 1 aliphatic rings. The Bertz CT molecular complexity index is 306. The topological polar surface area (TPSA) is 15.3 Å². The molecular formula is C14H24N2S. The third-order valence-electron chi connectivity index (χ3n) is 3.49. The van der Waals surface area contributed by atoms with Crippen molar-refractivity contribution in [3.63, 3.8) is 0 Å². The fourth-order valence-electron chi connectivity index (χ4n) is 2.29. The lowest BCUT2D eigenvalue weighted by Crippen LogP contribution is -2.36. The van der Waals surface area contributed by atoms with Gasteiger partial charge < -0.3 is 5.32 Å². The normalized spacial score (nSPS) is 17.6. The van der Waals surface area contributed by atoms with Crippen LogP contribution in [0.15, 0.2) is 17.5 Å². The second-order valence-corrected chi connectivity index (χ2v) is 6.01. The van der Waals surface area contributed by atoms with Crippen molar-refractivity contribution < 1.29 is 0 Å². The molecule has 1 heterocycles. The highest BCUT2D eigenvalue weighted by atomic mass is 32.1. The summed E-state index contributed by atoms with van der Waals surface area (Å²) < 4.78 is 0. The van der Waals surface area contributed by atoms with Crippen molar-refractivity contribution in [2.45, 2.75) is 51.7 Å². The van der Waals surface area contributed by atoms with E-state index in [9.17, 15) is 0 Å². The van der Waals surface area contributed by atoms with Crippen LogP contribution in [0, 0.1) is 0 Å². The number of nitrogens with one attached hydrogen (secondary N) is 1. The zero-order valence-electron chi connectivity index (χ0n) is 11.0. The summed E-state index contributed by atoms with van der Waals surface area (Å²) >= 11 is 1.88. The van der Waals surface area contributed by atoms with Crippen molar-refractivity contribution in [2.24, 2.45) is 0 Å². The van der Waals surface area contributed by atoms with Crippen LogP contribution in [-0.2, 0) is 6.54 Å². The van der Waals surface area contributed by atoms with Gasteiger partial charge in [-0.15, -0.1) is 11.3 Å². The molecule has 2 nitrogen and oxygen atoms in total. The molecule has 0 radical (unpaired) electrons. The lowest BCUT2D eigenvalue weighted by Gasteiger charge is -2.28. The quantitative estimate of drug-likeness (QED) is 0.715. The average Bonchev–Trinajstić information content (AvgIpc) is 3.03. The van der Waals surface area contributed by atoms with Crippen molar-refractivity contribution in [3.05, 3.63) is 22.4 Å². The maximum atomic E-state index is 3.43. The van der Waals surface area contributed by atoms with Gasteiger partial charge in [0.05, 0.1) is 0 Å². The van der Waals surface area contributed by atoms with Gasteiger partial charge in [0.1, 0.15) is 0 Å². The van der Waals surface area contributed by atoms with Crippen molar-refractivity contribution in [1.29, 1.82) is 0 Å². The van der Waals surface area contributed by atoms with Crippen LogP contribution in [0.3, 0.4) is 0 Å². The van der Waals surface area contributed by atoms with Crippen molar-refractivity contribution in [1.82, 2.24) is 10.2 Å². The van der Waals surface area contributed by atoms with Gasteiger partial charge in [0, 0.05) is 23.5 Å². The van der Waals surface area contributed by atoms with Gasteiger partial charge in [-0.2, -0.15) is 0 Å². The molecule has 1 N–H and O–H groups in total. The first kappa shape index (κ1) is 13.1. The highest BCUT2D eigenvalue weighted by Gasteiger charge is 2.31. The van der Waals surface area contributed by atoms with Gasteiger partial charge in [0.25, 0.3) is 0 Å². The summed E-state index contributed by atoms with van der Waals surface area (Å²) in [5, 5.41) is 5.61. The van der Waals surface area contributed by atoms with E-state index in [0.29, 0.717) is 6.04 Å². The molecule has 0 amide bonds. The largest absolute Gasteiger partial charge is 0.317 e. The third-order valence-corrected chi connectivity index (χ3v) is 4.35. The predicted molar refractivity (Wildman–Crippen MR) is 75.5 cm³/mol. The predicted octanol–water partition coefficient (Wildman–Crippen LogP) is 3.10. The Morgan fingerprint density at radius 3 is 2.94 bits per heavy atom. The molecular weight excluding hydrogens is 228 g/mol. The second kappa shape index (κ2) is 6.53. The van der Waals surface area contributed by atoms with E-state index in [1.54, 1.807) is 0 Å². The van der Waals surface area contributed by atoms with E-state index in [1.165, 1.54) is 24.1 Å². The lowest BCUT2D eigenvalue weighted by molar-refractivity contribution is 0.181. The van der Waals surface area contributed by atoms with Gasteiger partial charge in [-0.1, -0.05) is 13.0 Å². The zero-order chi connectivity index (χ0) is 12.1. The maximum Gasteiger partial charge on any atom is 0.0333 e. The van der Waals surface area contributed by atoms with E-state index in [2.05, 4.69) is 41.6 Å². The third kappa shape index (κ3) is 4.09. The van der Waals surface area contributed by atoms with Crippen LogP contribution >= 0.6 is 11.3 Å². The molecule has 0 aromatic carbocycles. The molecule has 1 aromatic heterocycles. The molecule has 17 heavy (non-hydrogen) atoms. The average molecular weight is 252 g/mol. The highest BCUT2D eigenvalue weighted by Crippen LogP contribution is 2.31. The molecule has 1 unspecified atom stereocenters. The number of hydrogen-bond acceptors (Lipinski definition) is 3. The van der Waals surface area contributed by atoms with Crippen molar-refractivity contribution in [2.75, 3.05) is 13.1 Å². The Hall–Kier alpha value is -0.380. The molecule has 2 rings (SSSR count). The number of nitrogens with zero attached hydrogens (tertiary/aromatic N) is 1. The van der Waals surface area contributed by atoms with Crippen LogP contribution in [-0.4, -0.2) is 30.1 Å². The zero-order valence-corrected chi connectivity index (χ0v) is 11.8. The molecule has 1 saturated carbocycles. The Balaban J connectivity index is 1.83. The first-order valence-corrected chi connectivity index (χ1v) is 7.68. The van der Waals surface area contributed by atoms with Gasteiger partial charge in [-0.05, 0) is 50.7 Å².